The third kappa shape index (κ3) is 4.57. The molecule has 0 heterocycles. The lowest BCUT2D eigenvalue weighted by Crippen LogP contribution is -2.26. The molecule has 0 saturated heterocycles. The zero-order valence-corrected chi connectivity index (χ0v) is 10.7. The van der Waals surface area contributed by atoms with Crippen LogP contribution in [0.2, 0.25) is 0 Å². The highest BCUT2D eigenvalue weighted by Crippen LogP contribution is 2.17. The van der Waals surface area contributed by atoms with Crippen LogP contribution in [0.25, 0.3) is 0 Å². The normalized spacial score (nSPS) is 12.2. The van der Waals surface area contributed by atoms with Gasteiger partial charge in [-0.3, -0.25) is 4.79 Å². The molecule has 0 aliphatic carbocycles. The first-order valence-corrected chi connectivity index (χ1v) is 6.30. The Balaban J connectivity index is 2.64. The molecule has 0 aromatic heterocycles. The monoisotopic (exact) mass is 234 g/mol. The van der Waals surface area contributed by atoms with Gasteiger partial charge in [0.05, 0.1) is 0 Å². The molecule has 1 atom stereocenters. The van der Waals surface area contributed by atoms with Gasteiger partial charge in [0.1, 0.15) is 0 Å². The summed E-state index contributed by atoms with van der Waals surface area (Å²) in [4.78, 5) is 11.7. The first-order chi connectivity index (χ1) is 8.17. The van der Waals surface area contributed by atoms with Crippen molar-refractivity contribution in [1.29, 1.82) is 0 Å². The number of hydrogen-bond donors (Lipinski definition) is 2. The SMILES string of the molecule is CCCc1ccccc1NC(=O)CC(N)CC. The number of anilines is 1. The molecular formula is C14H22N2O. The second-order valence-corrected chi connectivity index (χ2v) is 4.33. The summed E-state index contributed by atoms with van der Waals surface area (Å²) < 4.78 is 0. The molecule has 3 nitrogen and oxygen atoms in total. The number of nitrogens with two attached hydrogens (primary N) is 1. The molecule has 17 heavy (non-hydrogen) atoms. The van der Waals surface area contributed by atoms with Gasteiger partial charge in [-0.05, 0) is 24.5 Å². The van der Waals surface area contributed by atoms with E-state index in [2.05, 4.69) is 18.3 Å². The fraction of sp³-hybridized carbons (Fsp3) is 0.500. The fourth-order valence-electron chi connectivity index (χ4n) is 1.71. The molecule has 94 valence electrons. The Kier molecular flexibility index (Phi) is 5.70. The average molecular weight is 234 g/mol. The minimum atomic E-state index is -0.0478. The maximum atomic E-state index is 11.7. The van der Waals surface area contributed by atoms with Crippen molar-refractivity contribution in [3.05, 3.63) is 29.8 Å². The predicted octanol–water partition coefficient (Wildman–Crippen LogP) is 2.71. The van der Waals surface area contributed by atoms with Crippen molar-refractivity contribution in [2.75, 3.05) is 5.32 Å². The Morgan fingerprint density at radius 3 is 2.71 bits per heavy atom. The van der Waals surface area contributed by atoms with Gasteiger partial charge < -0.3 is 11.1 Å². The molecule has 0 spiro atoms. The van der Waals surface area contributed by atoms with Crippen LogP contribution in [0.3, 0.4) is 0 Å². The number of carbonyl (C=O) groups excluding carboxylic acids is 1. The summed E-state index contributed by atoms with van der Waals surface area (Å²) in [7, 11) is 0. The van der Waals surface area contributed by atoms with E-state index in [1.807, 2.05) is 25.1 Å². The lowest BCUT2D eigenvalue weighted by atomic mass is 10.1. The second kappa shape index (κ2) is 7.07. The van der Waals surface area contributed by atoms with E-state index in [1.165, 1.54) is 5.56 Å². The third-order valence-corrected chi connectivity index (χ3v) is 2.78. The molecule has 0 saturated carbocycles. The van der Waals surface area contributed by atoms with Crippen LogP contribution >= 0.6 is 0 Å². The number of aryl methyl sites for hydroxylation is 1. The van der Waals surface area contributed by atoms with Gasteiger partial charge in [0, 0.05) is 18.2 Å². The molecule has 0 aliphatic rings. The van der Waals surface area contributed by atoms with Gasteiger partial charge in [0.2, 0.25) is 5.91 Å². The van der Waals surface area contributed by atoms with Gasteiger partial charge >= 0.3 is 0 Å². The highest BCUT2D eigenvalue weighted by molar-refractivity contribution is 5.91. The van der Waals surface area contributed by atoms with Crippen molar-refractivity contribution in [2.45, 2.75) is 45.6 Å². The van der Waals surface area contributed by atoms with E-state index >= 15 is 0 Å². The summed E-state index contributed by atoms with van der Waals surface area (Å²) in [6, 6.07) is 7.89. The van der Waals surface area contributed by atoms with E-state index < -0.39 is 0 Å². The first kappa shape index (κ1) is 13.7. The molecule has 1 aromatic rings. The molecule has 1 rings (SSSR count). The molecule has 0 aliphatic heterocycles. The molecule has 1 aromatic carbocycles. The van der Waals surface area contributed by atoms with Crippen LogP contribution in [0.4, 0.5) is 5.69 Å². The zero-order valence-electron chi connectivity index (χ0n) is 10.7. The van der Waals surface area contributed by atoms with Crippen molar-refractivity contribution in [3.63, 3.8) is 0 Å². The summed E-state index contributed by atoms with van der Waals surface area (Å²) in [5.74, 6) is 0.00269. The smallest absolute Gasteiger partial charge is 0.225 e. The van der Waals surface area contributed by atoms with E-state index in [9.17, 15) is 4.79 Å². The van der Waals surface area contributed by atoms with Crippen molar-refractivity contribution in [1.82, 2.24) is 0 Å². The topological polar surface area (TPSA) is 55.1 Å². The number of benzene rings is 1. The molecule has 0 radical (unpaired) electrons. The quantitative estimate of drug-likeness (QED) is 0.795. The van der Waals surface area contributed by atoms with E-state index in [4.69, 9.17) is 5.73 Å². The van der Waals surface area contributed by atoms with E-state index in [0.717, 1.165) is 24.9 Å². The Labute approximate surface area is 103 Å². The maximum absolute atomic E-state index is 11.7. The Bertz CT molecular complexity index is 363. The van der Waals surface area contributed by atoms with Crippen LogP contribution < -0.4 is 11.1 Å². The number of amides is 1. The van der Waals surface area contributed by atoms with Crippen molar-refractivity contribution >= 4 is 11.6 Å². The molecule has 0 fully saturated rings. The fourth-order valence-corrected chi connectivity index (χ4v) is 1.71. The Morgan fingerprint density at radius 2 is 2.06 bits per heavy atom. The molecule has 3 N–H and O–H groups in total. The highest BCUT2D eigenvalue weighted by Gasteiger charge is 2.09. The standard InChI is InChI=1S/C14H22N2O/c1-3-7-11-8-5-6-9-13(11)16-14(17)10-12(15)4-2/h5-6,8-9,12H,3-4,7,10,15H2,1-2H3,(H,16,17). The number of carbonyl (C=O) groups is 1. The first-order valence-electron chi connectivity index (χ1n) is 6.30. The average Bonchev–Trinajstić information content (AvgIpc) is 2.31. The summed E-state index contributed by atoms with van der Waals surface area (Å²) >= 11 is 0. The van der Waals surface area contributed by atoms with Gasteiger partial charge in [-0.2, -0.15) is 0 Å². The van der Waals surface area contributed by atoms with Crippen LogP contribution in [-0.4, -0.2) is 11.9 Å². The third-order valence-electron chi connectivity index (χ3n) is 2.78. The largest absolute Gasteiger partial charge is 0.327 e. The van der Waals surface area contributed by atoms with Gasteiger partial charge in [-0.1, -0.05) is 38.5 Å². The van der Waals surface area contributed by atoms with Gasteiger partial charge in [-0.15, -0.1) is 0 Å². The van der Waals surface area contributed by atoms with Gasteiger partial charge in [0.25, 0.3) is 0 Å². The van der Waals surface area contributed by atoms with E-state index in [0.29, 0.717) is 6.42 Å². The van der Waals surface area contributed by atoms with Crippen molar-refractivity contribution in [2.24, 2.45) is 5.73 Å². The summed E-state index contributed by atoms with van der Waals surface area (Å²) in [6.07, 6.45) is 3.26. The number of para-hydroxylation sites is 1. The van der Waals surface area contributed by atoms with E-state index in [1.54, 1.807) is 0 Å². The summed E-state index contributed by atoms with van der Waals surface area (Å²) in [5.41, 5.74) is 7.87. The Morgan fingerprint density at radius 1 is 1.35 bits per heavy atom. The van der Waals surface area contributed by atoms with Crippen LogP contribution in [0, 0.1) is 0 Å². The molecule has 3 heteroatoms. The minimum Gasteiger partial charge on any atom is -0.327 e. The second-order valence-electron chi connectivity index (χ2n) is 4.33. The van der Waals surface area contributed by atoms with Crippen molar-refractivity contribution in [3.8, 4) is 0 Å². The number of hydrogen-bond acceptors (Lipinski definition) is 2. The Hall–Kier alpha value is -1.35. The number of nitrogens with one attached hydrogen (secondary N) is 1. The highest BCUT2D eigenvalue weighted by atomic mass is 16.1. The summed E-state index contributed by atoms with van der Waals surface area (Å²) in [5, 5.41) is 2.94. The molecular weight excluding hydrogens is 212 g/mol. The number of rotatable bonds is 6. The van der Waals surface area contributed by atoms with Crippen LogP contribution in [0.15, 0.2) is 24.3 Å². The van der Waals surface area contributed by atoms with Gasteiger partial charge in [0.15, 0.2) is 0 Å². The molecule has 1 amide bonds. The molecule has 0 bridgehead atoms. The molecule has 1 unspecified atom stereocenters. The summed E-state index contributed by atoms with van der Waals surface area (Å²) in [6.45, 7) is 4.12. The van der Waals surface area contributed by atoms with E-state index in [-0.39, 0.29) is 11.9 Å². The zero-order chi connectivity index (χ0) is 12.7. The van der Waals surface area contributed by atoms with Crippen molar-refractivity contribution < 1.29 is 4.79 Å². The van der Waals surface area contributed by atoms with Crippen LogP contribution in [-0.2, 0) is 11.2 Å². The predicted molar refractivity (Wildman–Crippen MR) is 72.0 cm³/mol. The van der Waals surface area contributed by atoms with Crippen LogP contribution in [0.1, 0.15) is 38.7 Å². The van der Waals surface area contributed by atoms with Gasteiger partial charge in [-0.25, -0.2) is 0 Å². The lowest BCUT2D eigenvalue weighted by molar-refractivity contribution is -0.116. The minimum absolute atomic E-state index is 0.00269. The lowest BCUT2D eigenvalue weighted by Gasteiger charge is -2.12. The van der Waals surface area contributed by atoms with Crippen LogP contribution in [0.5, 0.6) is 0 Å². The maximum Gasteiger partial charge on any atom is 0.225 e.